The quantitative estimate of drug-likeness (QED) is 0.390. The second-order valence-electron chi connectivity index (χ2n) is 4.79. The zero-order valence-corrected chi connectivity index (χ0v) is 15.5. The Kier molecular flexibility index (Phi) is 3.20. The second-order valence-corrected chi connectivity index (χ2v) is 7.39. The fourth-order valence-corrected chi connectivity index (χ4v) is 4.65. The second kappa shape index (κ2) is 5.08. The molecule has 4 aromatic rings. The van der Waals surface area contributed by atoms with Crippen LogP contribution in [0.5, 0.6) is 0 Å². The first-order valence-corrected chi connectivity index (χ1v) is 9.10. The van der Waals surface area contributed by atoms with Gasteiger partial charge in [0.15, 0.2) is 0 Å². The molecule has 0 fully saturated rings. The van der Waals surface area contributed by atoms with Gasteiger partial charge in [-0.05, 0) is 0 Å². The van der Waals surface area contributed by atoms with E-state index in [9.17, 15) is 0 Å². The van der Waals surface area contributed by atoms with Crippen molar-refractivity contribution >= 4 is 59.8 Å². The van der Waals surface area contributed by atoms with E-state index in [0.717, 1.165) is 45.5 Å². The summed E-state index contributed by atoms with van der Waals surface area (Å²) in [4.78, 5) is 13.4. The molecular weight excluding hydrogens is 475 g/mol. The Morgan fingerprint density at radius 3 is 2.57 bits per heavy atom. The summed E-state index contributed by atoms with van der Waals surface area (Å²) >= 11 is 2.85. The molecule has 5 heteroatoms. The predicted molar refractivity (Wildman–Crippen MR) is 88.3 cm³/mol. The maximum atomic E-state index is 4.56. The van der Waals surface area contributed by atoms with Crippen LogP contribution in [0.3, 0.4) is 0 Å². The van der Waals surface area contributed by atoms with Gasteiger partial charge in [-0.25, -0.2) is 0 Å². The molecule has 0 saturated heterocycles. The zero-order chi connectivity index (χ0) is 14.4. The molecule has 100 valence electrons. The van der Waals surface area contributed by atoms with E-state index < -0.39 is 0 Å². The summed E-state index contributed by atoms with van der Waals surface area (Å²) in [5.41, 5.74) is 1.10. The molecular formula is C16H10BiN3S. The third-order valence-electron chi connectivity index (χ3n) is 3.38. The normalized spacial score (nSPS) is 11.3. The summed E-state index contributed by atoms with van der Waals surface area (Å²) in [5.74, 6) is 1.58. The summed E-state index contributed by atoms with van der Waals surface area (Å²) in [5, 5.41) is 2.58. The molecule has 0 bridgehead atoms. The van der Waals surface area contributed by atoms with Gasteiger partial charge < -0.3 is 0 Å². The fraction of sp³-hybridized carbons (Fsp3) is 0.0625. The molecule has 0 amide bonds. The van der Waals surface area contributed by atoms with Crippen molar-refractivity contribution in [2.24, 2.45) is 0 Å². The molecule has 0 saturated carbocycles. The molecule has 0 aliphatic rings. The van der Waals surface area contributed by atoms with Gasteiger partial charge in [-0.15, -0.1) is 0 Å². The van der Waals surface area contributed by atoms with Crippen molar-refractivity contribution in [3.05, 3.63) is 48.3 Å². The van der Waals surface area contributed by atoms with Gasteiger partial charge in [0, 0.05) is 0 Å². The van der Waals surface area contributed by atoms with Crippen molar-refractivity contribution in [2.45, 2.75) is 6.92 Å². The third-order valence-corrected chi connectivity index (χ3v) is 5.38. The number of thiophene rings is 1. The molecule has 3 nitrogen and oxygen atoms in total. The molecule has 2 aromatic heterocycles. The molecule has 0 spiro atoms. The van der Waals surface area contributed by atoms with Crippen LogP contribution >= 0.6 is 11.3 Å². The number of hydrogen-bond acceptors (Lipinski definition) is 4. The van der Waals surface area contributed by atoms with E-state index in [0.29, 0.717) is 0 Å². The van der Waals surface area contributed by atoms with E-state index in [1.807, 2.05) is 6.92 Å². The van der Waals surface area contributed by atoms with E-state index >= 15 is 0 Å². The van der Waals surface area contributed by atoms with Gasteiger partial charge in [0.25, 0.3) is 0 Å². The summed E-state index contributed by atoms with van der Waals surface area (Å²) in [6, 6.07) is 14.9. The Labute approximate surface area is 140 Å². The van der Waals surface area contributed by atoms with Crippen LogP contribution in [0.2, 0.25) is 0 Å². The Bertz CT molecular complexity index is 958. The molecule has 2 aromatic carbocycles. The van der Waals surface area contributed by atoms with E-state index in [1.54, 1.807) is 11.3 Å². The fourth-order valence-electron chi connectivity index (χ4n) is 2.51. The van der Waals surface area contributed by atoms with E-state index in [-0.39, 0.29) is 0 Å². The number of rotatable bonds is 1. The van der Waals surface area contributed by atoms with Crippen molar-refractivity contribution in [3.8, 4) is 11.4 Å². The van der Waals surface area contributed by atoms with Crippen molar-refractivity contribution in [2.75, 3.05) is 0 Å². The maximum absolute atomic E-state index is 4.56. The Morgan fingerprint density at radius 1 is 0.905 bits per heavy atom. The van der Waals surface area contributed by atoms with Crippen molar-refractivity contribution < 1.29 is 0 Å². The van der Waals surface area contributed by atoms with E-state index in [2.05, 4.69) is 57.4 Å². The molecule has 0 aliphatic heterocycles. The molecule has 2 radical (unpaired) electrons. The van der Waals surface area contributed by atoms with E-state index in [4.69, 9.17) is 0 Å². The first-order chi connectivity index (χ1) is 10.2. The Morgan fingerprint density at radius 2 is 1.71 bits per heavy atom. The number of nitrogens with zero attached hydrogens (tertiary/aromatic N) is 3. The summed E-state index contributed by atoms with van der Waals surface area (Å²) in [7, 11) is 0. The Balaban J connectivity index is 2.09. The summed E-state index contributed by atoms with van der Waals surface area (Å²) in [6.07, 6.45) is 0. The monoisotopic (exact) mass is 485 g/mol. The van der Waals surface area contributed by atoms with Gasteiger partial charge in [0.05, 0.1) is 0 Å². The van der Waals surface area contributed by atoms with Crippen LogP contribution in [0.15, 0.2) is 42.5 Å². The first kappa shape index (κ1) is 13.2. The standard InChI is InChI=1S/C16H10N3S.Bi/c1-10-17-9-18-16(19-10)13-7-4-6-12-11-5-2-3-8-14(11)20-15(12)13;/h2-8H,1H3;. The average molecular weight is 485 g/mol. The average Bonchev–Trinajstić information content (AvgIpc) is 2.84. The number of aromatic nitrogens is 3. The van der Waals surface area contributed by atoms with Crippen LogP contribution in [0, 0.1) is 6.92 Å². The molecule has 0 aliphatic carbocycles. The molecule has 4 rings (SSSR count). The topological polar surface area (TPSA) is 38.7 Å². The van der Waals surface area contributed by atoms with Crippen LogP contribution in [-0.2, 0) is 0 Å². The van der Waals surface area contributed by atoms with Crippen LogP contribution in [0.1, 0.15) is 5.82 Å². The van der Waals surface area contributed by atoms with Gasteiger partial charge in [-0.2, -0.15) is 0 Å². The van der Waals surface area contributed by atoms with Crippen LogP contribution in [-0.4, -0.2) is 39.7 Å². The molecule has 21 heavy (non-hydrogen) atoms. The third kappa shape index (κ3) is 2.25. The van der Waals surface area contributed by atoms with Gasteiger partial charge in [0.1, 0.15) is 0 Å². The van der Waals surface area contributed by atoms with Gasteiger partial charge in [-0.1, -0.05) is 0 Å². The Hall–Kier alpha value is -1.45. The number of aryl methyl sites for hydroxylation is 1. The zero-order valence-electron chi connectivity index (χ0n) is 11.2. The van der Waals surface area contributed by atoms with Gasteiger partial charge >= 0.3 is 141 Å². The number of benzene rings is 2. The van der Waals surface area contributed by atoms with Crippen LogP contribution in [0.25, 0.3) is 31.6 Å². The van der Waals surface area contributed by atoms with E-state index in [1.165, 1.54) is 20.2 Å². The molecule has 0 atom stereocenters. The van der Waals surface area contributed by atoms with Gasteiger partial charge in [-0.3, -0.25) is 0 Å². The van der Waals surface area contributed by atoms with Crippen molar-refractivity contribution in [1.29, 1.82) is 0 Å². The van der Waals surface area contributed by atoms with Crippen LogP contribution < -0.4 is 3.53 Å². The first-order valence-electron chi connectivity index (χ1n) is 6.54. The minimum absolute atomic E-state index is 0.788. The number of hydrogen-bond donors (Lipinski definition) is 0. The SMILES string of the molecule is Cc1n[c]([Bi])nc(-c2cccc3c2sc2ccccc23)n1. The minimum atomic E-state index is 0.788. The van der Waals surface area contributed by atoms with Gasteiger partial charge in [0.2, 0.25) is 0 Å². The molecule has 0 N–H and O–H groups in total. The summed E-state index contributed by atoms with van der Waals surface area (Å²) < 4.78 is 3.42. The van der Waals surface area contributed by atoms with Crippen molar-refractivity contribution in [1.82, 2.24) is 15.0 Å². The predicted octanol–water partition coefficient (Wildman–Crippen LogP) is 3.01. The molecule has 2 heterocycles. The number of fused-ring (bicyclic) bond motifs is 3. The van der Waals surface area contributed by atoms with Crippen molar-refractivity contribution in [3.63, 3.8) is 0 Å². The molecule has 0 unspecified atom stereocenters. The van der Waals surface area contributed by atoms with Crippen LogP contribution in [0.4, 0.5) is 0 Å². The summed E-state index contributed by atoms with van der Waals surface area (Å²) in [6.45, 7) is 1.92.